The minimum atomic E-state index is 0.379. The quantitative estimate of drug-likeness (QED) is 0.676. The molecule has 0 bridgehead atoms. The molecule has 2 rings (SSSR count). The molecule has 0 atom stereocenters. The highest BCUT2D eigenvalue weighted by Gasteiger charge is 2.15. The molecule has 0 saturated carbocycles. The van der Waals surface area contributed by atoms with E-state index >= 15 is 0 Å². The Kier molecular flexibility index (Phi) is 2.13. The fourth-order valence-corrected chi connectivity index (χ4v) is 1.29. The molecule has 1 aromatic carbocycles. The molecular formula is C9H7ClN2O2. The van der Waals surface area contributed by atoms with Gasteiger partial charge in [-0.2, -0.15) is 0 Å². The summed E-state index contributed by atoms with van der Waals surface area (Å²) in [4.78, 5) is 0.379. The third-order valence-electron chi connectivity index (χ3n) is 1.94. The van der Waals surface area contributed by atoms with Gasteiger partial charge in [-0.3, -0.25) is 4.63 Å². The minimum absolute atomic E-state index is 0.379. The minimum Gasteiger partial charge on any atom is -0.359 e. The van der Waals surface area contributed by atoms with Crippen LogP contribution in [-0.2, 0) is 0 Å². The van der Waals surface area contributed by atoms with Crippen molar-refractivity contribution in [2.75, 3.05) is 0 Å². The highest BCUT2D eigenvalue weighted by atomic mass is 35.5. The van der Waals surface area contributed by atoms with Crippen LogP contribution < -0.4 is 4.90 Å². The van der Waals surface area contributed by atoms with Gasteiger partial charge in [-0.15, -0.1) is 0 Å². The Hall–Kier alpha value is -1.55. The third kappa shape index (κ3) is 1.44. The van der Waals surface area contributed by atoms with Crippen molar-refractivity contribution < 1.29 is 9.53 Å². The first kappa shape index (κ1) is 9.02. The number of halogens is 1. The van der Waals surface area contributed by atoms with Crippen molar-refractivity contribution in [3.63, 3.8) is 0 Å². The summed E-state index contributed by atoms with van der Waals surface area (Å²) in [5.41, 5.74) is 1.79. The largest absolute Gasteiger partial charge is 0.359 e. The van der Waals surface area contributed by atoms with Crippen molar-refractivity contribution in [2.24, 2.45) is 0 Å². The van der Waals surface area contributed by atoms with E-state index in [1.165, 1.54) is 0 Å². The first-order valence-electron chi connectivity index (χ1n) is 4.01. The van der Waals surface area contributed by atoms with E-state index in [9.17, 15) is 5.21 Å². The van der Waals surface area contributed by atoms with E-state index < -0.39 is 0 Å². The number of benzene rings is 1. The van der Waals surface area contributed by atoms with Crippen molar-refractivity contribution in [2.45, 2.75) is 6.92 Å². The molecule has 0 aliphatic heterocycles. The summed E-state index contributed by atoms with van der Waals surface area (Å²) in [6.07, 6.45) is 0. The topological polar surface area (TPSA) is 53.0 Å². The fraction of sp³-hybridized carbons (Fsp3) is 0.111. The van der Waals surface area contributed by atoms with E-state index in [0.29, 0.717) is 21.3 Å². The molecule has 0 unspecified atom stereocenters. The van der Waals surface area contributed by atoms with Crippen molar-refractivity contribution in [1.82, 2.24) is 5.16 Å². The average molecular weight is 211 g/mol. The third-order valence-corrected chi connectivity index (χ3v) is 2.19. The van der Waals surface area contributed by atoms with Gasteiger partial charge < -0.3 is 5.21 Å². The molecule has 2 aromatic rings. The summed E-state index contributed by atoms with van der Waals surface area (Å²) in [6, 6.07) is 7.04. The van der Waals surface area contributed by atoms with Gasteiger partial charge in [0.05, 0.1) is 0 Å². The van der Waals surface area contributed by atoms with Crippen LogP contribution in [-0.4, -0.2) is 5.16 Å². The Balaban J connectivity index is 2.49. The van der Waals surface area contributed by atoms with E-state index in [1.54, 1.807) is 31.2 Å². The van der Waals surface area contributed by atoms with Gasteiger partial charge in [0.25, 0.3) is 5.69 Å². The summed E-state index contributed by atoms with van der Waals surface area (Å²) in [6.45, 7) is 1.65. The second kappa shape index (κ2) is 3.31. The van der Waals surface area contributed by atoms with Gasteiger partial charge in [0.15, 0.2) is 0 Å². The summed E-state index contributed by atoms with van der Waals surface area (Å²) in [7, 11) is 0. The van der Waals surface area contributed by atoms with Crippen LogP contribution in [0.2, 0.25) is 5.02 Å². The molecule has 5 heteroatoms. The van der Waals surface area contributed by atoms with E-state index in [4.69, 9.17) is 11.6 Å². The molecule has 0 amide bonds. The zero-order valence-electron chi connectivity index (χ0n) is 7.40. The summed E-state index contributed by atoms with van der Waals surface area (Å²) < 4.78 is 4.46. The van der Waals surface area contributed by atoms with Crippen molar-refractivity contribution >= 4 is 11.6 Å². The Morgan fingerprint density at radius 1 is 1.36 bits per heavy atom. The normalized spacial score (nSPS) is 10.4. The molecule has 0 N–H and O–H groups in total. The summed E-state index contributed by atoms with van der Waals surface area (Å²) >= 11 is 5.73. The van der Waals surface area contributed by atoms with E-state index in [1.807, 2.05) is 0 Å². The van der Waals surface area contributed by atoms with Crippen LogP contribution in [0.1, 0.15) is 5.69 Å². The van der Waals surface area contributed by atoms with Gasteiger partial charge in [0, 0.05) is 22.7 Å². The van der Waals surface area contributed by atoms with Gasteiger partial charge in [-0.25, -0.2) is 0 Å². The molecule has 0 spiro atoms. The predicted octanol–water partition coefficient (Wildman–Crippen LogP) is 1.94. The lowest BCUT2D eigenvalue weighted by Crippen LogP contribution is -2.25. The van der Waals surface area contributed by atoms with Crippen molar-refractivity contribution in [1.29, 1.82) is 0 Å². The molecular weight excluding hydrogens is 204 g/mol. The Morgan fingerprint density at radius 3 is 2.50 bits per heavy atom. The van der Waals surface area contributed by atoms with Crippen LogP contribution in [0, 0.1) is 12.1 Å². The Labute approximate surface area is 85.3 Å². The Morgan fingerprint density at radius 2 is 2.00 bits per heavy atom. The summed E-state index contributed by atoms with van der Waals surface area (Å²) in [5.74, 6) is 0. The zero-order chi connectivity index (χ0) is 10.1. The van der Waals surface area contributed by atoms with Gasteiger partial charge in [-0.1, -0.05) is 11.6 Å². The van der Waals surface area contributed by atoms with Crippen LogP contribution in [0.4, 0.5) is 0 Å². The molecule has 1 aromatic heterocycles. The second-order valence-electron chi connectivity index (χ2n) is 2.87. The fourth-order valence-electron chi connectivity index (χ4n) is 1.16. The molecule has 72 valence electrons. The van der Waals surface area contributed by atoms with Gasteiger partial charge >= 0.3 is 0 Å². The zero-order valence-corrected chi connectivity index (χ0v) is 8.15. The van der Waals surface area contributed by atoms with Crippen LogP contribution in [0.15, 0.2) is 28.9 Å². The lowest BCUT2D eigenvalue weighted by Gasteiger charge is -1.93. The lowest BCUT2D eigenvalue weighted by atomic mass is 10.1. The predicted molar refractivity (Wildman–Crippen MR) is 50.6 cm³/mol. The van der Waals surface area contributed by atoms with Crippen LogP contribution in [0.3, 0.4) is 0 Å². The lowest BCUT2D eigenvalue weighted by molar-refractivity contribution is -0.806. The maximum Gasteiger partial charge on any atom is 0.251 e. The SMILES string of the molecule is Cc1c(-c2ccc(Cl)cc2)no[n+]1[O-]. The molecule has 14 heavy (non-hydrogen) atoms. The van der Waals surface area contributed by atoms with Crippen molar-refractivity contribution in [3.05, 3.63) is 40.2 Å². The second-order valence-corrected chi connectivity index (χ2v) is 3.31. The maximum atomic E-state index is 10.9. The number of hydrogen-bond donors (Lipinski definition) is 0. The molecule has 4 nitrogen and oxygen atoms in total. The number of rotatable bonds is 1. The summed E-state index contributed by atoms with van der Waals surface area (Å²) in [5, 5.41) is 15.2. The van der Waals surface area contributed by atoms with E-state index in [2.05, 4.69) is 9.79 Å². The molecule has 0 fully saturated rings. The number of hydrogen-bond acceptors (Lipinski definition) is 3. The molecule has 0 saturated heterocycles. The molecule has 1 heterocycles. The molecule has 0 aliphatic rings. The molecule has 0 aliphatic carbocycles. The standard InChI is InChI=1S/C9H7ClN2O2/c1-6-9(11-14-12(6)13)7-2-4-8(10)5-3-7/h2-5H,1H3. The van der Waals surface area contributed by atoms with Crippen LogP contribution >= 0.6 is 11.6 Å². The first-order valence-corrected chi connectivity index (χ1v) is 4.38. The molecule has 0 radical (unpaired) electrons. The van der Waals surface area contributed by atoms with Crippen LogP contribution in [0.5, 0.6) is 0 Å². The number of nitrogens with zero attached hydrogens (tertiary/aromatic N) is 2. The van der Waals surface area contributed by atoms with Gasteiger partial charge in [-0.05, 0) is 29.2 Å². The number of aromatic nitrogens is 2. The van der Waals surface area contributed by atoms with E-state index in [0.717, 1.165) is 5.56 Å². The monoisotopic (exact) mass is 210 g/mol. The Bertz CT molecular complexity index is 450. The highest BCUT2D eigenvalue weighted by molar-refractivity contribution is 6.30. The van der Waals surface area contributed by atoms with Gasteiger partial charge in [0.1, 0.15) is 0 Å². The smallest absolute Gasteiger partial charge is 0.251 e. The maximum absolute atomic E-state index is 10.9. The van der Waals surface area contributed by atoms with E-state index in [-0.39, 0.29) is 0 Å². The van der Waals surface area contributed by atoms with Crippen molar-refractivity contribution in [3.8, 4) is 11.3 Å². The van der Waals surface area contributed by atoms with Crippen LogP contribution in [0.25, 0.3) is 11.3 Å². The first-order chi connectivity index (χ1) is 6.68. The highest BCUT2D eigenvalue weighted by Crippen LogP contribution is 2.20. The average Bonchev–Trinajstić information content (AvgIpc) is 2.50. The van der Waals surface area contributed by atoms with Gasteiger partial charge in [0.2, 0.25) is 5.69 Å².